The number of halogens is 1. The Labute approximate surface area is 123 Å². The van der Waals surface area contributed by atoms with Crippen molar-refractivity contribution in [3.63, 3.8) is 0 Å². The van der Waals surface area contributed by atoms with E-state index < -0.39 is 29.5 Å². The van der Waals surface area contributed by atoms with E-state index in [1.54, 1.807) is 27.7 Å². The molecule has 1 atom stereocenters. The Bertz CT molecular complexity index is 537. The second-order valence-corrected chi connectivity index (χ2v) is 5.80. The Kier molecular flexibility index (Phi) is 5.29. The Morgan fingerprint density at radius 1 is 1.38 bits per heavy atom. The lowest BCUT2D eigenvalue weighted by atomic mass is 9.98. The molecule has 0 saturated heterocycles. The minimum absolute atomic E-state index is 0.358. The predicted octanol–water partition coefficient (Wildman–Crippen LogP) is 3.17. The van der Waals surface area contributed by atoms with E-state index in [0.29, 0.717) is 11.1 Å². The summed E-state index contributed by atoms with van der Waals surface area (Å²) in [6.45, 7) is 6.82. The largest absolute Gasteiger partial charge is 0.481 e. The van der Waals surface area contributed by atoms with E-state index in [9.17, 15) is 14.0 Å². The normalized spacial score (nSPS) is 12.6. The lowest BCUT2D eigenvalue weighted by Gasteiger charge is -2.24. The molecule has 1 rings (SSSR count). The van der Waals surface area contributed by atoms with Crippen LogP contribution in [-0.2, 0) is 9.53 Å². The maximum absolute atomic E-state index is 13.4. The molecule has 0 spiro atoms. The minimum atomic E-state index is -1.10. The molecule has 0 bridgehead atoms. The van der Waals surface area contributed by atoms with Crippen LogP contribution in [0.25, 0.3) is 0 Å². The van der Waals surface area contributed by atoms with Crippen molar-refractivity contribution in [3.8, 4) is 0 Å². The number of carbonyl (C=O) groups excluding carboxylic acids is 1. The number of hydrogen-bond acceptors (Lipinski definition) is 3. The first kappa shape index (κ1) is 16.9. The molecule has 0 aliphatic heterocycles. The van der Waals surface area contributed by atoms with Crippen molar-refractivity contribution in [1.29, 1.82) is 0 Å². The Morgan fingerprint density at radius 3 is 2.52 bits per heavy atom. The summed E-state index contributed by atoms with van der Waals surface area (Å²) in [6.07, 6.45) is -1.10. The van der Waals surface area contributed by atoms with E-state index >= 15 is 0 Å². The molecule has 0 saturated carbocycles. The molecule has 116 valence electrons. The molecule has 2 N–H and O–H groups in total. The van der Waals surface area contributed by atoms with Gasteiger partial charge in [-0.3, -0.25) is 4.79 Å². The van der Waals surface area contributed by atoms with Gasteiger partial charge in [-0.1, -0.05) is 6.07 Å². The maximum atomic E-state index is 13.4. The van der Waals surface area contributed by atoms with Crippen LogP contribution in [-0.4, -0.2) is 22.8 Å². The van der Waals surface area contributed by atoms with Crippen LogP contribution in [0.2, 0.25) is 0 Å². The summed E-state index contributed by atoms with van der Waals surface area (Å²) >= 11 is 0. The molecule has 0 radical (unpaired) electrons. The smallest absolute Gasteiger partial charge is 0.408 e. The van der Waals surface area contributed by atoms with Crippen molar-refractivity contribution in [2.45, 2.75) is 45.8 Å². The molecule has 1 amide bonds. The van der Waals surface area contributed by atoms with Gasteiger partial charge in [0, 0.05) is 0 Å². The molecule has 0 aliphatic rings. The number of rotatable bonds is 4. The third-order valence-electron chi connectivity index (χ3n) is 2.69. The summed E-state index contributed by atoms with van der Waals surface area (Å²) < 4.78 is 18.5. The SMILES string of the molecule is Cc1ccc(F)cc1C(CC(=O)O)NC(=O)OC(C)(C)C. The van der Waals surface area contributed by atoms with Gasteiger partial charge in [0.15, 0.2) is 0 Å². The van der Waals surface area contributed by atoms with Gasteiger partial charge in [0.25, 0.3) is 0 Å². The third kappa shape index (κ3) is 5.81. The molecule has 1 aromatic rings. The number of aliphatic carboxylic acids is 1. The zero-order chi connectivity index (χ0) is 16.2. The highest BCUT2D eigenvalue weighted by Crippen LogP contribution is 2.22. The summed E-state index contributed by atoms with van der Waals surface area (Å²) in [4.78, 5) is 22.8. The lowest BCUT2D eigenvalue weighted by Crippen LogP contribution is -2.36. The van der Waals surface area contributed by atoms with Crippen LogP contribution in [0.4, 0.5) is 9.18 Å². The highest BCUT2D eigenvalue weighted by Gasteiger charge is 2.23. The topological polar surface area (TPSA) is 75.6 Å². The number of aryl methyl sites for hydroxylation is 1. The van der Waals surface area contributed by atoms with Gasteiger partial charge in [0.2, 0.25) is 0 Å². The van der Waals surface area contributed by atoms with Crippen molar-refractivity contribution in [2.24, 2.45) is 0 Å². The van der Waals surface area contributed by atoms with Crippen LogP contribution < -0.4 is 5.32 Å². The molecule has 1 aromatic carbocycles. The zero-order valence-corrected chi connectivity index (χ0v) is 12.6. The summed E-state index contributed by atoms with van der Waals surface area (Å²) in [5.41, 5.74) is 0.413. The second-order valence-electron chi connectivity index (χ2n) is 5.80. The number of carboxylic acid groups (broad SMARTS) is 1. The second kappa shape index (κ2) is 6.56. The summed E-state index contributed by atoms with van der Waals surface area (Å²) in [6, 6.07) is 3.19. The first-order valence-electron chi connectivity index (χ1n) is 6.56. The van der Waals surface area contributed by atoms with E-state index in [1.807, 2.05) is 0 Å². The first-order valence-corrected chi connectivity index (χ1v) is 6.56. The van der Waals surface area contributed by atoms with Crippen molar-refractivity contribution >= 4 is 12.1 Å². The number of alkyl carbamates (subject to hydrolysis) is 1. The van der Waals surface area contributed by atoms with E-state index in [2.05, 4.69) is 5.32 Å². The monoisotopic (exact) mass is 297 g/mol. The number of amides is 1. The van der Waals surface area contributed by atoms with Gasteiger partial charge < -0.3 is 15.2 Å². The average Bonchev–Trinajstić information content (AvgIpc) is 2.28. The van der Waals surface area contributed by atoms with Gasteiger partial charge in [-0.15, -0.1) is 0 Å². The number of nitrogens with one attached hydrogen (secondary N) is 1. The molecule has 5 nitrogen and oxygen atoms in total. The molecule has 0 aromatic heterocycles. The Morgan fingerprint density at radius 2 is 2.00 bits per heavy atom. The number of carbonyl (C=O) groups is 2. The summed E-state index contributed by atoms with van der Waals surface area (Å²) in [5, 5.41) is 11.4. The number of ether oxygens (including phenoxy) is 1. The first-order chi connectivity index (χ1) is 9.58. The highest BCUT2D eigenvalue weighted by atomic mass is 19.1. The van der Waals surface area contributed by atoms with Crippen LogP contribution in [0.3, 0.4) is 0 Å². The molecule has 21 heavy (non-hydrogen) atoms. The molecule has 1 unspecified atom stereocenters. The van der Waals surface area contributed by atoms with E-state index in [0.717, 1.165) is 0 Å². The van der Waals surface area contributed by atoms with Crippen LogP contribution in [0.1, 0.15) is 44.4 Å². The van der Waals surface area contributed by atoms with Gasteiger partial charge in [-0.05, 0) is 51.0 Å². The van der Waals surface area contributed by atoms with Crippen LogP contribution >= 0.6 is 0 Å². The zero-order valence-electron chi connectivity index (χ0n) is 12.6. The van der Waals surface area contributed by atoms with Gasteiger partial charge in [-0.2, -0.15) is 0 Å². The maximum Gasteiger partial charge on any atom is 0.408 e. The fourth-order valence-corrected chi connectivity index (χ4v) is 1.85. The molecule has 0 heterocycles. The number of benzene rings is 1. The molecule has 0 aliphatic carbocycles. The van der Waals surface area contributed by atoms with Gasteiger partial charge in [0.05, 0.1) is 12.5 Å². The quantitative estimate of drug-likeness (QED) is 0.895. The van der Waals surface area contributed by atoms with Gasteiger partial charge in [0.1, 0.15) is 11.4 Å². The number of carboxylic acids is 1. The number of hydrogen-bond donors (Lipinski definition) is 2. The molecular weight excluding hydrogens is 277 g/mol. The lowest BCUT2D eigenvalue weighted by molar-refractivity contribution is -0.137. The van der Waals surface area contributed by atoms with Crippen molar-refractivity contribution in [1.82, 2.24) is 5.32 Å². The van der Waals surface area contributed by atoms with E-state index in [1.165, 1.54) is 18.2 Å². The standard InChI is InChI=1S/C15H20FNO4/c1-9-5-6-10(16)7-11(9)12(8-13(18)19)17-14(20)21-15(2,3)4/h5-7,12H,8H2,1-4H3,(H,17,20)(H,18,19). The third-order valence-corrected chi connectivity index (χ3v) is 2.69. The van der Waals surface area contributed by atoms with E-state index in [4.69, 9.17) is 9.84 Å². The Balaban J connectivity index is 2.98. The minimum Gasteiger partial charge on any atom is -0.481 e. The summed E-state index contributed by atoms with van der Waals surface area (Å²) in [7, 11) is 0. The fourth-order valence-electron chi connectivity index (χ4n) is 1.85. The van der Waals surface area contributed by atoms with Crippen LogP contribution in [0.15, 0.2) is 18.2 Å². The van der Waals surface area contributed by atoms with Crippen molar-refractivity contribution in [2.75, 3.05) is 0 Å². The van der Waals surface area contributed by atoms with Crippen molar-refractivity contribution in [3.05, 3.63) is 35.1 Å². The predicted molar refractivity (Wildman–Crippen MR) is 75.5 cm³/mol. The average molecular weight is 297 g/mol. The molecule has 6 heteroatoms. The van der Waals surface area contributed by atoms with E-state index in [-0.39, 0.29) is 6.42 Å². The fraction of sp³-hybridized carbons (Fsp3) is 0.467. The molecule has 0 fully saturated rings. The molecular formula is C15H20FNO4. The van der Waals surface area contributed by atoms with Crippen LogP contribution in [0.5, 0.6) is 0 Å². The van der Waals surface area contributed by atoms with Gasteiger partial charge in [-0.25, -0.2) is 9.18 Å². The van der Waals surface area contributed by atoms with Crippen LogP contribution in [0, 0.1) is 12.7 Å². The van der Waals surface area contributed by atoms with Gasteiger partial charge >= 0.3 is 12.1 Å². The highest BCUT2D eigenvalue weighted by molar-refractivity contribution is 5.72. The Hall–Kier alpha value is -2.11. The van der Waals surface area contributed by atoms with Crippen molar-refractivity contribution < 1.29 is 23.8 Å². The summed E-state index contributed by atoms with van der Waals surface area (Å²) in [5.74, 6) is -1.59.